The quantitative estimate of drug-likeness (QED) is 0.711. The summed E-state index contributed by atoms with van der Waals surface area (Å²) in [6, 6.07) is 9.91. The molecule has 0 radical (unpaired) electrons. The van der Waals surface area contributed by atoms with E-state index in [1.165, 1.54) is 10.5 Å². The number of nitrogens with one attached hydrogen (secondary N) is 1. The molecule has 0 aliphatic rings. The van der Waals surface area contributed by atoms with Gasteiger partial charge in [0.1, 0.15) is 5.03 Å². The molecule has 1 N–H and O–H groups in total. The van der Waals surface area contributed by atoms with Crippen molar-refractivity contribution in [2.75, 3.05) is 6.54 Å². The monoisotopic (exact) mass is 370 g/mol. The molecule has 0 saturated carbocycles. The van der Waals surface area contributed by atoms with Gasteiger partial charge in [0.15, 0.2) is 0 Å². The number of rotatable bonds is 6. The number of hydrogen-bond donors (Lipinski definition) is 1. The maximum atomic E-state index is 6.10. The van der Waals surface area contributed by atoms with Crippen molar-refractivity contribution in [1.29, 1.82) is 0 Å². The Bertz CT molecular complexity index is 578. The third kappa shape index (κ3) is 4.48. The maximum absolute atomic E-state index is 6.10. The summed E-state index contributed by atoms with van der Waals surface area (Å²) in [5.74, 6) is 0. The fourth-order valence-corrected chi connectivity index (χ4v) is 3.31. The molecule has 106 valence electrons. The minimum Gasteiger partial charge on any atom is -0.313 e. The van der Waals surface area contributed by atoms with Gasteiger partial charge in [-0.25, -0.2) is 4.98 Å². The Morgan fingerprint density at radius 2 is 2.20 bits per heavy atom. The molecule has 1 aromatic carbocycles. The fraction of sp³-hybridized carbons (Fsp3) is 0.267. The second-order valence-corrected chi connectivity index (χ2v) is 6.64. The minimum atomic E-state index is 0.766. The van der Waals surface area contributed by atoms with Crippen LogP contribution in [0.3, 0.4) is 0 Å². The van der Waals surface area contributed by atoms with Gasteiger partial charge in [-0.1, -0.05) is 30.3 Å². The van der Waals surface area contributed by atoms with Crippen LogP contribution in [-0.4, -0.2) is 11.5 Å². The van der Waals surface area contributed by atoms with Gasteiger partial charge in [-0.2, -0.15) is 0 Å². The molecular formula is C15H16BrClN2S. The maximum Gasteiger partial charge on any atom is 0.115 e. The molecule has 0 amide bonds. The summed E-state index contributed by atoms with van der Waals surface area (Å²) in [6.07, 6.45) is 2.92. The standard InChI is InChI=1S/C15H16BrClN2S/c1-2-7-18-10-11-9-12(17)5-6-14(11)20-15-13(16)4-3-8-19-15/h3-6,8-9,18H,2,7,10H2,1H3. The van der Waals surface area contributed by atoms with Crippen LogP contribution in [0.4, 0.5) is 0 Å². The number of benzene rings is 1. The lowest BCUT2D eigenvalue weighted by atomic mass is 10.2. The summed E-state index contributed by atoms with van der Waals surface area (Å²) in [4.78, 5) is 5.57. The van der Waals surface area contributed by atoms with Crippen LogP contribution in [0, 0.1) is 0 Å². The van der Waals surface area contributed by atoms with Crippen LogP contribution in [0.25, 0.3) is 0 Å². The van der Waals surface area contributed by atoms with Crippen molar-refractivity contribution in [3.8, 4) is 0 Å². The van der Waals surface area contributed by atoms with Crippen molar-refractivity contribution < 1.29 is 0 Å². The number of halogens is 2. The van der Waals surface area contributed by atoms with Crippen LogP contribution in [0.5, 0.6) is 0 Å². The first kappa shape index (κ1) is 15.8. The fourth-order valence-electron chi connectivity index (χ4n) is 1.74. The molecule has 0 fully saturated rings. The first-order valence-corrected chi connectivity index (χ1v) is 8.47. The summed E-state index contributed by atoms with van der Waals surface area (Å²) in [7, 11) is 0. The van der Waals surface area contributed by atoms with Crippen LogP contribution in [0.15, 0.2) is 50.9 Å². The van der Waals surface area contributed by atoms with Crippen molar-refractivity contribution in [2.45, 2.75) is 29.8 Å². The van der Waals surface area contributed by atoms with Crippen molar-refractivity contribution in [3.05, 3.63) is 51.6 Å². The van der Waals surface area contributed by atoms with E-state index in [0.717, 1.165) is 34.0 Å². The van der Waals surface area contributed by atoms with Crippen molar-refractivity contribution in [3.63, 3.8) is 0 Å². The second kappa shape index (κ2) is 8.03. The Labute approximate surface area is 137 Å². The summed E-state index contributed by atoms with van der Waals surface area (Å²) < 4.78 is 1.01. The summed E-state index contributed by atoms with van der Waals surface area (Å²) >= 11 is 11.3. The highest BCUT2D eigenvalue weighted by Gasteiger charge is 2.08. The van der Waals surface area contributed by atoms with Gasteiger partial charge in [0.05, 0.1) is 4.47 Å². The minimum absolute atomic E-state index is 0.766. The largest absolute Gasteiger partial charge is 0.313 e. The molecule has 0 spiro atoms. The highest BCUT2D eigenvalue weighted by molar-refractivity contribution is 9.10. The van der Waals surface area contributed by atoms with Crippen molar-refractivity contribution >= 4 is 39.3 Å². The van der Waals surface area contributed by atoms with E-state index in [4.69, 9.17) is 11.6 Å². The molecule has 0 unspecified atom stereocenters. The molecule has 2 rings (SSSR count). The summed E-state index contributed by atoms with van der Waals surface area (Å²) in [6.45, 7) is 3.98. The van der Waals surface area contributed by atoms with Gasteiger partial charge in [-0.15, -0.1) is 0 Å². The highest BCUT2D eigenvalue weighted by Crippen LogP contribution is 2.34. The van der Waals surface area contributed by atoms with E-state index in [-0.39, 0.29) is 0 Å². The molecule has 5 heteroatoms. The van der Waals surface area contributed by atoms with Crippen LogP contribution in [0.1, 0.15) is 18.9 Å². The SMILES string of the molecule is CCCNCc1cc(Cl)ccc1Sc1ncccc1Br. The van der Waals surface area contributed by atoms with Crippen LogP contribution >= 0.6 is 39.3 Å². The van der Waals surface area contributed by atoms with Gasteiger partial charge in [-0.3, -0.25) is 0 Å². The van der Waals surface area contributed by atoms with Crippen LogP contribution < -0.4 is 5.32 Å². The molecule has 2 aromatic rings. The van der Waals surface area contributed by atoms with Gasteiger partial charge in [-0.05, 0) is 64.8 Å². The van der Waals surface area contributed by atoms with E-state index < -0.39 is 0 Å². The zero-order chi connectivity index (χ0) is 14.4. The molecule has 0 aliphatic carbocycles. The Morgan fingerprint density at radius 3 is 2.95 bits per heavy atom. The Hall–Kier alpha value is -0.550. The molecule has 0 saturated heterocycles. The summed E-state index contributed by atoms with van der Waals surface area (Å²) in [5.41, 5.74) is 1.20. The predicted molar refractivity (Wildman–Crippen MR) is 89.5 cm³/mol. The first-order valence-electron chi connectivity index (χ1n) is 6.48. The third-order valence-corrected chi connectivity index (χ3v) is 4.97. The second-order valence-electron chi connectivity index (χ2n) is 4.32. The first-order chi connectivity index (χ1) is 9.70. The zero-order valence-corrected chi connectivity index (χ0v) is 14.4. The van der Waals surface area contributed by atoms with E-state index in [1.54, 1.807) is 18.0 Å². The molecule has 1 heterocycles. The number of pyridine rings is 1. The van der Waals surface area contributed by atoms with E-state index in [1.807, 2.05) is 24.3 Å². The number of nitrogens with zero attached hydrogens (tertiary/aromatic N) is 1. The van der Waals surface area contributed by atoms with Gasteiger partial charge < -0.3 is 5.32 Å². The Balaban J connectivity index is 2.20. The van der Waals surface area contributed by atoms with E-state index in [9.17, 15) is 0 Å². The van der Waals surface area contributed by atoms with Gasteiger partial charge in [0.25, 0.3) is 0 Å². The highest BCUT2D eigenvalue weighted by atomic mass is 79.9. The van der Waals surface area contributed by atoms with Crippen molar-refractivity contribution in [1.82, 2.24) is 10.3 Å². The topological polar surface area (TPSA) is 24.9 Å². The molecular weight excluding hydrogens is 356 g/mol. The van der Waals surface area contributed by atoms with Crippen LogP contribution in [0.2, 0.25) is 5.02 Å². The molecule has 0 atom stereocenters. The van der Waals surface area contributed by atoms with Gasteiger partial charge in [0.2, 0.25) is 0 Å². The molecule has 20 heavy (non-hydrogen) atoms. The average Bonchev–Trinajstić information content (AvgIpc) is 2.44. The zero-order valence-electron chi connectivity index (χ0n) is 11.2. The van der Waals surface area contributed by atoms with E-state index >= 15 is 0 Å². The van der Waals surface area contributed by atoms with Crippen LogP contribution in [-0.2, 0) is 6.54 Å². The smallest absolute Gasteiger partial charge is 0.115 e. The van der Waals surface area contributed by atoms with Gasteiger partial charge >= 0.3 is 0 Å². The lowest BCUT2D eigenvalue weighted by Crippen LogP contribution is -2.14. The molecule has 1 aromatic heterocycles. The Morgan fingerprint density at radius 1 is 1.35 bits per heavy atom. The van der Waals surface area contributed by atoms with E-state index in [0.29, 0.717) is 0 Å². The average molecular weight is 372 g/mol. The number of hydrogen-bond acceptors (Lipinski definition) is 3. The van der Waals surface area contributed by atoms with E-state index in [2.05, 4.69) is 39.2 Å². The third-order valence-electron chi connectivity index (χ3n) is 2.70. The Kier molecular flexibility index (Phi) is 6.36. The normalized spacial score (nSPS) is 10.8. The lowest BCUT2D eigenvalue weighted by molar-refractivity contribution is 0.669. The summed E-state index contributed by atoms with van der Waals surface area (Å²) in [5, 5.41) is 5.15. The molecule has 0 bridgehead atoms. The molecule has 0 aliphatic heterocycles. The van der Waals surface area contributed by atoms with Crippen molar-refractivity contribution in [2.24, 2.45) is 0 Å². The predicted octanol–water partition coefficient (Wildman–Crippen LogP) is 5.15. The van der Waals surface area contributed by atoms with Gasteiger partial charge in [0, 0.05) is 22.7 Å². The molecule has 2 nitrogen and oxygen atoms in total. The lowest BCUT2D eigenvalue weighted by Gasteiger charge is -2.11. The number of aromatic nitrogens is 1.